The fraction of sp³-hybridized carbons (Fsp3) is 0.333. The van der Waals surface area contributed by atoms with Gasteiger partial charge < -0.3 is 10.1 Å². The standard InChI is InChI=1S/C9H9NO3/c11-8-7(9(12)13)3-6(4-10-8)5-1-2-5/h3-5H,1-2H2,(H,10,11)(H,12,13). The van der Waals surface area contributed by atoms with Crippen LogP contribution in [-0.4, -0.2) is 16.1 Å². The molecule has 1 fully saturated rings. The molecule has 0 saturated heterocycles. The number of aromatic nitrogens is 1. The molecule has 1 aromatic rings. The van der Waals surface area contributed by atoms with E-state index in [-0.39, 0.29) is 5.56 Å². The zero-order valence-electron chi connectivity index (χ0n) is 6.91. The summed E-state index contributed by atoms with van der Waals surface area (Å²) in [7, 11) is 0. The number of nitrogens with one attached hydrogen (secondary N) is 1. The molecule has 0 aromatic carbocycles. The van der Waals surface area contributed by atoms with Crippen molar-refractivity contribution in [3.05, 3.63) is 33.7 Å². The van der Waals surface area contributed by atoms with Gasteiger partial charge in [0.25, 0.3) is 5.56 Å². The van der Waals surface area contributed by atoms with Crippen LogP contribution in [0.1, 0.15) is 34.7 Å². The number of carbonyl (C=O) groups is 1. The zero-order valence-corrected chi connectivity index (χ0v) is 6.91. The Bertz CT molecular complexity index is 404. The van der Waals surface area contributed by atoms with Crippen LogP contribution < -0.4 is 5.56 Å². The summed E-state index contributed by atoms with van der Waals surface area (Å²) in [5.74, 6) is -0.710. The number of hydrogen-bond acceptors (Lipinski definition) is 2. The van der Waals surface area contributed by atoms with E-state index in [0.29, 0.717) is 5.92 Å². The zero-order chi connectivity index (χ0) is 9.42. The molecule has 2 rings (SSSR count). The number of hydrogen-bond donors (Lipinski definition) is 2. The van der Waals surface area contributed by atoms with Crippen LogP contribution in [0.4, 0.5) is 0 Å². The van der Waals surface area contributed by atoms with Gasteiger partial charge in [-0.05, 0) is 30.4 Å². The highest BCUT2D eigenvalue weighted by Gasteiger charge is 2.25. The van der Waals surface area contributed by atoms with Crippen LogP contribution in [0, 0.1) is 0 Å². The molecule has 1 aromatic heterocycles. The summed E-state index contributed by atoms with van der Waals surface area (Å²) in [6, 6.07) is 1.47. The van der Waals surface area contributed by atoms with Crippen LogP contribution in [0.2, 0.25) is 0 Å². The first-order valence-electron chi connectivity index (χ1n) is 4.14. The molecule has 0 amide bonds. The predicted octanol–water partition coefficient (Wildman–Crippen LogP) is 0.950. The first-order chi connectivity index (χ1) is 6.18. The van der Waals surface area contributed by atoms with Crippen molar-refractivity contribution in [3.63, 3.8) is 0 Å². The van der Waals surface area contributed by atoms with Gasteiger partial charge in [-0.1, -0.05) is 0 Å². The molecule has 1 aliphatic carbocycles. The van der Waals surface area contributed by atoms with Crippen LogP contribution in [0.25, 0.3) is 0 Å². The third-order valence-electron chi connectivity index (χ3n) is 2.20. The second-order valence-electron chi connectivity index (χ2n) is 3.26. The molecular weight excluding hydrogens is 170 g/mol. The monoisotopic (exact) mass is 179 g/mol. The average molecular weight is 179 g/mol. The lowest BCUT2D eigenvalue weighted by atomic mass is 10.1. The minimum atomic E-state index is -1.16. The Morgan fingerprint density at radius 2 is 2.23 bits per heavy atom. The number of aromatic carboxylic acids is 1. The Morgan fingerprint density at radius 3 is 2.77 bits per heavy atom. The van der Waals surface area contributed by atoms with E-state index in [1.165, 1.54) is 6.07 Å². The second-order valence-corrected chi connectivity index (χ2v) is 3.26. The number of pyridine rings is 1. The van der Waals surface area contributed by atoms with E-state index in [2.05, 4.69) is 4.98 Å². The van der Waals surface area contributed by atoms with Crippen molar-refractivity contribution in [2.75, 3.05) is 0 Å². The average Bonchev–Trinajstić information content (AvgIpc) is 2.87. The highest BCUT2D eigenvalue weighted by molar-refractivity contribution is 5.87. The molecule has 13 heavy (non-hydrogen) atoms. The van der Waals surface area contributed by atoms with Gasteiger partial charge in [-0.2, -0.15) is 0 Å². The van der Waals surface area contributed by atoms with Crippen LogP contribution in [0.5, 0.6) is 0 Å². The van der Waals surface area contributed by atoms with Gasteiger partial charge in [0, 0.05) is 6.20 Å². The van der Waals surface area contributed by atoms with Gasteiger partial charge in [0.2, 0.25) is 0 Å². The normalized spacial score (nSPS) is 15.7. The molecule has 68 valence electrons. The van der Waals surface area contributed by atoms with Crippen LogP contribution in [-0.2, 0) is 0 Å². The highest BCUT2D eigenvalue weighted by Crippen LogP contribution is 2.39. The lowest BCUT2D eigenvalue weighted by Gasteiger charge is -1.98. The number of carboxylic acids is 1. The second kappa shape index (κ2) is 2.73. The van der Waals surface area contributed by atoms with Crippen molar-refractivity contribution < 1.29 is 9.90 Å². The summed E-state index contributed by atoms with van der Waals surface area (Å²) in [4.78, 5) is 24.1. The van der Waals surface area contributed by atoms with Crippen molar-refractivity contribution >= 4 is 5.97 Å². The quantitative estimate of drug-likeness (QED) is 0.710. The molecule has 0 spiro atoms. The largest absolute Gasteiger partial charge is 0.477 e. The van der Waals surface area contributed by atoms with E-state index < -0.39 is 11.5 Å². The van der Waals surface area contributed by atoms with Crippen molar-refractivity contribution in [1.82, 2.24) is 4.98 Å². The fourth-order valence-electron chi connectivity index (χ4n) is 1.31. The SMILES string of the molecule is O=C(O)c1cc(C2CC2)c[nH]c1=O. The van der Waals surface area contributed by atoms with E-state index in [1.807, 2.05) is 0 Å². The molecule has 1 aliphatic rings. The minimum Gasteiger partial charge on any atom is -0.477 e. The number of aromatic amines is 1. The summed E-state index contributed by atoms with van der Waals surface area (Å²) in [6.07, 6.45) is 3.78. The molecule has 0 atom stereocenters. The summed E-state index contributed by atoms with van der Waals surface area (Å²) >= 11 is 0. The van der Waals surface area contributed by atoms with Gasteiger partial charge in [0.15, 0.2) is 0 Å². The van der Waals surface area contributed by atoms with Gasteiger partial charge in [-0.15, -0.1) is 0 Å². The number of H-pyrrole nitrogens is 1. The van der Waals surface area contributed by atoms with Gasteiger partial charge in [0.05, 0.1) is 0 Å². The van der Waals surface area contributed by atoms with E-state index in [1.54, 1.807) is 6.20 Å². The van der Waals surface area contributed by atoms with Crippen molar-refractivity contribution in [1.29, 1.82) is 0 Å². The molecule has 4 nitrogen and oxygen atoms in total. The topological polar surface area (TPSA) is 70.2 Å². The maximum absolute atomic E-state index is 11.0. The Morgan fingerprint density at radius 1 is 1.54 bits per heavy atom. The Hall–Kier alpha value is -1.58. The number of carboxylic acid groups (broad SMARTS) is 1. The molecule has 2 N–H and O–H groups in total. The van der Waals surface area contributed by atoms with Crippen molar-refractivity contribution in [3.8, 4) is 0 Å². The Balaban J connectivity index is 2.47. The van der Waals surface area contributed by atoms with E-state index in [9.17, 15) is 9.59 Å². The third-order valence-corrected chi connectivity index (χ3v) is 2.20. The summed E-state index contributed by atoms with van der Waals surface area (Å²) in [5, 5.41) is 8.67. The van der Waals surface area contributed by atoms with E-state index in [4.69, 9.17) is 5.11 Å². The molecule has 1 heterocycles. The molecule has 1 saturated carbocycles. The van der Waals surface area contributed by atoms with Gasteiger partial charge in [-0.25, -0.2) is 4.79 Å². The summed E-state index contributed by atoms with van der Waals surface area (Å²) < 4.78 is 0. The van der Waals surface area contributed by atoms with Crippen LogP contribution in [0.3, 0.4) is 0 Å². The Labute approximate surface area is 74.2 Å². The molecule has 0 unspecified atom stereocenters. The lowest BCUT2D eigenvalue weighted by Crippen LogP contribution is -2.17. The molecule has 0 bridgehead atoms. The fourth-order valence-corrected chi connectivity index (χ4v) is 1.31. The highest BCUT2D eigenvalue weighted by atomic mass is 16.4. The predicted molar refractivity (Wildman–Crippen MR) is 46.0 cm³/mol. The maximum Gasteiger partial charge on any atom is 0.341 e. The molecule has 0 radical (unpaired) electrons. The number of rotatable bonds is 2. The molecular formula is C9H9NO3. The summed E-state index contributed by atoms with van der Waals surface area (Å²) in [5.41, 5.74) is 0.235. The van der Waals surface area contributed by atoms with E-state index in [0.717, 1.165) is 18.4 Å². The summed E-state index contributed by atoms with van der Waals surface area (Å²) in [6.45, 7) is 0. The lowest BCUT2D eigenvalue weighted by molar-refractivity contribution is 0.0695. The maximum atomic E-state index is 11.0. The smallest absolute Gasteiger partial charge is 0.341 e. The van der Waals surface area contributed by atoms with Crippen LogP contribution >= 0.6 is 0 Å². The van der Waals surface area contributed by atoms with Crippen molar-refractivity contribution in [2.45, 2.75) is 18.8 Å². The molecule has 0 aliphatic heterocycles. The van der Waals surface area contributed by atoms with Gasteiger partial charge in [-0.3, -0.25) is 4.79 Å². The van der Waals surface area contributed by atoms with Crippen molar-refractivity contribution in [2.24, 2.45) is 0 Å². The van der Waals surface area contributed by atoms with Crippen LogP contribution in [0.15, 0.2) is 17.1 Å². The minimum absolute atomic E-state index is 0.163. The first kappa shape index (κ1) is 8.04. The van der Waals surface area contributed by atoms with Gasteiger partial charge >= 0.3 is 5.97 Å². The Kier molecular flexibility index (Phi) is 1.69. The van der Waals surface area contributed by atoms with E-state index >= 15 is 0 Å². The first-order valence-corrected chi connectivity index (χ1v) is 4.14. The van der Waals surface area contributed by atoms with Gasteiger partial charge in [0.1, 0.15) is 5.56 Å². The third kappa shape index (κ3) is 1.47. The molecule has 4 heteroatoms.